The van der Waals surface area contributed by atoms with E-state index < -0.39 is 0 Å². The van der Waals surface area contributed by atoms with E-state index in [1.54, 1.807) is 0 Å². The maximum atomic E-state index is 12.1. The van der Waals surface area contributed by atoms with Gasteiger partial charge >= 0.3 is 0 Å². The van der Waals surface area contributed by atoms with Gasteiger partial charge in [0.2, 0.25) is 0 Å². The Morgan fingerprint density at radius 1 is 1.37 bits per heavy atom. The molecule has 1 amide bonds. The van der Waals surface area contributed by atoms with Crippen LogP contribution in [0.4, 0.5) is 0 Å². The molecule has 3 heteroatoms. The van der Waals surface area contributed by atoms with Gasteiger partial charge in [0, 0.05) is 12.1 Å². The lowest BCUT2D eigenvalue weighted by Crippen LogP contribution is -2.31. The second-order valence-corrected chi connectivity index (χ2v) is 6.33. The zero-order chi connectivity index (χ0) is 14.6. The van der Waals surface area contributed by atoms with E-state index in [4.69, 9.17) is 5.73 Å². The lowest BCUT2D eigenvalue weighted by Gasteiger charge is -2.20. The second kappa shape index (κ2) is 6.20. The molecule has 1 aromatic rings. The highest BCUT2D eigenvalue weighted by atomic mass is 16.1. The molecule has 0 spiro atoms. The Labute approximate surface area is 116 Å². The molecule has 3 nitrogen and oxygen atoms in total. The third kappa shape index (κ3) is 4.35. The van der Waals surface area contributed by atoms with Gasteiger partial charge in [0.05, 0.1) is 0 Å². The predicted molar refractivity (Wildman–Crippen MR) is 80.4 cm³/mol. The van der Waals surface area contributed by atoms with Crippen molar-refractivity contribution in [3.8, 4) is 0 Å². The smallest absolute Gasteiger partial charge is 0.251 e. The molecule has 1 unspecified atom stereocenters. The molecule has 0 heterocycles. The van der Waals surface area contributed by atoms with E-state index in [0.717, 1.165) is 11.1 Å². The fourth-order valence-corrected chi connectivity index (χ4v) is 1.83. The van der Waals surface area contributed by atoms with Crippen molar-refractivity contribution in [2.24, 2.45) is 11.7 Å². The van der Waals surface area contributed by atoms with Crippen molar-refractivity contribution in [1.82, 2.24) is 5.32 Å². The highest BCUT2D eigenvalue weighted by molar-refractivity contribution is 5.95. The van der Waals surface area contributed by atoms with E-state index in [1.807, 2.05) is 26.0 Å². The number of hydrogen-bond donors (Lipinski definition) is 2. The number of benzene rings is 1. The maximum Gasteiger partial charge on any atom is 0.251 e. The number of carbonyl (C=O) groups is 1. The Hall–Kier alpha value is -1.35. The number of nitrogens with one attached hydrogen (secondary N) is 1. The largest absolute Gasteiger partial charge is 0.352 e. The van der Waals surface area contributed by atoms with Crippen LogP contribution in [0.3, 0.4) is 0 Å². The van der Waals surface area contributed by atoms with E-state index in [-0.39, 0.29) is 11.3 Å². The standard InChI is InChI=1S/C16H26N2O/c1-11(9-17)10-18-15(19)14-7-6-13(8-12(14)2)16(3,4)5/h6-8,11H,9-10,17H2,1-5H3,(H,18,19). The fraction of sp³-hybridized carbons (Fsp3) is 0.562. The van der Waals surface area contributed by atoms with Gasteiger partial charge in [0.1, 0.15) is 0 Å². The van der Waals surface area contributed by atoms with Crippen LogP contribution in [0, 0.1) is 12.8 Å². The fourth-order valence-electron chi connectivity index (χ4n) is 1.83. The molecule has 1 atom stereocenters. The van der Waals surface area contributed by atoms with Crippen LogP contribution in [0.15, 0.2) is 18.2 Å². The van der Waals surface area contributed by atoms with E-state index in [1.165, 1.54) is 5.56 Å². The van der Waals surface area contributed by atoms with Gasteiger partial charge in [-0.15, -0.1) is 0 Å². The average Bonchev–Trinajstić information content (AvgIpc) is 2.34. The Bertz CT molecular complexity index is 447. The summed E-state index contributed by atoms with van der Waals surface area (Å²) in [4.78, 5) is 12.1. The van der Waals surface area contributed by atoms with Crippen molar-refractivity contribution < 1.29 is 4.79 Å². The third-order valence-corrected chi connectivity index (χ3v) is 3.35. The molecule has 0 aromatic heterocycles. The summed E-state index contributed by atoms with van der Waals surface area (Å²) in [6.07, 6.45) is 0. The highest BCUT2D eigenvalue weighted by Gasteiger charge is 2.16. The molecule has 0 aliphatic heterocycles. The summed E-state index contributed by atoms with van der Waals surface area (Å²) >= 11 is 0. The lowest BCUT2D eigenvalue weighted by atomic mass is 9.85. The van der Waals surface area contributed by atoms with Crippen LogP contribution in [-0.4, -0.2) is 19.0 Å². The minimum absolute atomic E-state index is 0.0155. The molecule has 1 rings (SSSR count). The predicted octanol–water partition coefficient (Wildman–Crippen LogP) is 2.62. The molecular formula is C16H26N2O. The maximum absolute atomic E-state index is 12.1. The Kier molecular flexibility index (Phi) is 5.12. The summed E-state index contributed by atoms with van der Waals surface area (Å²) in [7, 11) is 0. The van der Waals surface area contributed by atoms with Crippen molar-refractivity contribution in [2.45, 2.75) is 40.0 Å². The molecule has 0 aliphatic carbocycles. The van der Waals surface area contributed by atoms with Gasteiger partial charge in [0.15, 0.2) is 0 Å². The normalized spacial score (nSPS) is 13.2. The average molecular weight is 262 g/mol. The van der Waals surface area contributed by atoms with Gasteiger partial charge in [-0.25, -0.2) is 0 Å². The molecule has 1 aromatic carbocycles. The number of hydrogen-bond acceptors (Lipinski definition) is 2. The van der Waals surface area contributed by atoms with Gasteiger partial charge in [-0.05, 0) is 42.0 Å². The topological polar surface area (TPSA) is 55.1 Å². The summed E-state index contributed by atoms with van der Waals surface area (Å²) in [6.45, 7) is 11.7. The van der Waals surface area contributed by atoms with E-state index in [2.05, 4.69) is 32.2 Å². The summed E-state index contributed by atoms with van der Waals surface area (Å²) in [5, 5.41) is 2.93. The summed E-state index contributed by atoms with van der Waals surface area (Å²) in [6, 6.07) is 6.05. The van der Waals surface area contributed by atoms with Gasteiger partial charge in [-0.3, -0.25) is 4.79 Å². The second-order valence-electron chi connectivity index (χ2n) is 6.33. The zero-order valence-corrected chi connectivity index (χ0v) is 12.7. The lowest BCUT2D eigenvalue weighted by molar-refractivity contribution is 0.0948. The van der Waals surface area contributed by atoms with Crippen molar-refractivity contribution in [2.75, 3.05) is 13.1 Å². The molecule has 0 radical (unpaired) electrons. The number of rotatable bonds is 4. The Balaban J connectivity index is 2.82. The minimum Gasteiger partial charge on any atom is -0.352 e. The molecule has 0 fully saturated rings. The molecule has 3 N–H and O–H groups in total. The number of carbonyl (C=O) groups excluding carboxylic acids is 1. The SMILES string of the molecule is Cc1cc(C(C)(C)C)ccc1C(=O)NCC(C)CN. The molecule has 0 aliphatic rings. The molecule has 19 heavy (non-hydrogen) atoms. The zero-order valence-electron chi connectivity index (χ0n) is 12.7. The van der Waals surface area contributed by atoms with Gasteiger partial charge in [0.25, 0.3) is 5.91 Å². The summed E-state index contributed by atoms with van der Waals surface area (Å²) < 4.78 is 0. The highest BCUT2D eigenvalue weighted by Crippen LogP contribution is 2.24. The summed E-state index contributed by atoms with van der Waals surface area (Å²) in [5.41, 5.74) is 8.66. The monoisotopic (exact) mass is 262 g/mol. The molecule has 0 saturated carbocycles. The van der Waals surface area contributed by atoms with Crippen molar-refractivity contribution in [3.63, 3.8) is 0 Å². The molecule has 0 bridgehead atoms. The molecule has 106 valence electrons. The number of amides is 1. The van der Waals surface area contributed by atoms with Gasteiger partial charge in [-0.1, -0.05) is 39.8 Å². The Morgan fingerprint density at radius 3 is 2.47 bits per heavy atom. The number of aryl methyl sites for hydroxylation is 1. The van der Waals surface area contributed by atoms with E-state index in [0.29, 0.717) is 19.0 Å². The first-order valence-corrected chi connectivity index (χ1v) is 6.85. The first-order valence-electron chi connectivity index (χ1n) is 6.85. The van der Waals surface area contributed by atoms with Gasteiger partial charge in [-0.2, -0.15) is 0 Å². The quantitative estimate of drug-likeness (QED) is 0.876. The Morgan fingerprint density at radius 2 is 2.00 bits per heavy atom. The van der Waals surface area contributed by atoms with E-state index >= 15 is 0 Å². The first-order chi connectivity index (χ1) is 8.75. The third-order valence-electron chi connectivity index (χ3n) is 3.35. The van der Waals surface area contributed by atoms with Crippen LogP contribution in [0.5, 0.6) is 0 Å². The van der Waals surface area contributed by atoms with Gasteiger partial charge < -0.3 is 11.1 Å². The molecular weight excluding hydrogens is 236 g/mol. The van der Waals surface area contributed by atoms with Crippen LogP contribution < -0.4 is 11.1 Å². The van der Waals surface area contributed by atoms with Crippen LogP contribution in [0.1, 0.15) is 49.2 Å². The van der Waals surface area contributed by atoms with Crippen molar-refractivity contribution in [3.05, 3.63) is 34.9 Å². The molecule has 0 saturated heterocycles. The minimum atomic E-state index is -0.0155. The van der Waals surface area contributed by atoms with Crippen LogP contribution in [0.2, 0.25) is 0 Å². The van der Waals surface area contributed by atoms with Crippen LogP contribution >= 0.6 is 0 Å². The summed E-state index contributed by atoms with van der Waals surface area (Å²) in [5.74, 6) is 0.288. The van der Waals surface area contributed by atoms with Crippen LogP contribution in [-0.2, 0) is 5.41 Å². The van der Waals surface area contributed by atoms with Crippen LogP contribution in [0.25, 0.3) is 0 Å². The first kappa shape index (κ1) is 15.7. The number of nitrogens with two attached hydrogens (primary N) is 1. The van der Waals surface area contributed by atoms with Crippen molar-refractivity contribution >= 4 is 5.91 Å². The van der Waals surface area contributed by atoms with E-state index in [9.17, 15) is 4.79 Å². The van der Waals surface area contributed by atoms with Crippen molar-refractivity contribution in [1.29, 1.82) is 0 Å².